The quantitative estimate of drug-likeness (QED) is 0.373. The van der Waals surface area contributed by atoms with E-state index >= 15 is 0 Å². The van der Waals surface area contributed by atoms with Crippen molar-refractivity contribution in [3.05, 3.63) is 70.8 Å². The molecule has 2 heteroatoms. The van der Waals surface area contributed by atoms with E-state index < -0.39 is 7.14 Å². The van der Waals surface area contributed by atoms with Crippen molar-refractivity contribution >= 4 is 14.7 Å². The number of hydrogen-bond acceptors (Lipinski definition) is 0. The van der Waals surface area contributed by atoms with E-state index in [9.17, 15) is 0 Å². The molecule has 2 fully saturated rings. The first-order valence-corrected chi connectivity index (χ1v) is 13.9. The highest BCUT2D eigenvalue weighted by Crippen LogP contribution is 2.78. The molecule has 0 saturated heterocycles. The van der Waals surface area contributed by atoms with E-state index in [2.05, 4.69) is 48.5 Å². The van der Waals surface area contributed by atoms with Gasteiger partial charge >= 0.3 is 0 Å². The van der Waals surface area contributed by atoms with Gasteiger partial charge in [0.05, 0.1) is 0 Å². The normalized spacial score (nSPS) is 29.4. The number of rotatable bonds is 3. The smallest absolute Gasteiger partial charge is 0.128 e. The fourth-order valence-corrected chi connectivity index (χ4v) is 12.2. The third kappa shape index (κ3) is 2.91. The summed E-state index contributed by atoms with van der Waals surface area (Å²) >= 11 is 0. The third-order valence-electron chi connectivity index (χ3n) is 8.65. The van der Waals surface area contributed by atoms with Crippen molar-refractivity contribution < 1.29 is 0 Å². The Balaban J connectivity index is 1.49. The first-order chi connectivity index (χ1) is 14.8. The first kappa shape index (κ1) is 19.6. The minimum atomic E-state index is -0.799. The van der Waals surface area contributed by atoms with Crippen LogP contribution in [0.1, 0.15) is 105 Å². The van der Waals surface area contributed by atoms with Gasteiger partial charge in [-0.2, -0.15) is 0 Å². The standard InChI is InChI=1S/C28H38BP/c29-30(20-11-3-1-4-12-20,21-13-5-2-6-14-21)27-19-26-22-15-7-9-17-24(22)28(27)25-18-10-8-16-23(25)26/h7-10,15-18,20-21,26-28H,1-6,11-14,19H2,29H3/t26?,27-,28?/m1/s1. The molecule has 5 aliphatic rings. The minimum absolute atomic E-state index is 0.380. The van der Waals surface area contributed by atoms with E-state index in [1.165, 1.54) is 19.3 Å². The van der Waals surface area contributed by atoms with Crippen LogP contribution in [0.2, 0.25) is 0 Å². The van der Waals surface area contributed by atoms with Crippen LogP contribution < -0.4 is 0 Å². The molecule has 2 aromatic carbocycles. The first-order valence-electron chi connectivity index (χ1n) is 12.4. The summed E-state index contributed by atoms with van der Waals surface area (Å²) < 4.78 is 0. The van der Waals surface area contributed by atoms with Gasteiger partial charge in [0.25, 0.3) is 0 Å². The SMILES string of the molecule is [BH3-][P+](C1CCCCC1)(C1CCCCC1)[C@@H]1CC2c3ccccc3C1c1ccccc12. The topological polar surface area (TPSA) is 0 Å². The zero-order valence-corrected chi connectivity index (χ0v) is 18.6. The maximum atomic E-state index is 2.53. The summed E-state index contributed by atoms with van der Waals surface area (Å²) in [6.07, 6.45) is 17.1. The Morgan fingerprint density at radius 1 is 0.600 bits per heavy atom. The second kappa shape index (κ2) is 7.81. The molecule has 2 aromatic rings. The van der Waals surface area contributed by atoms with Crippen molar-refractivity contribution in [3.8, 4) is 0 Å². The van der Waals surface area contributed by atoms with Crippen molar-refractivity contribution in [2.75, 3.05) is 0 Å². The molecule has 0 unspecified atom stereocenters. The Labute approximate surface area is 184 Å². The molecule has 5 aliphatic carbocycles. The summed E-state index contributed by atoms with van der Waals surface area (Å²) in [5, 5.41) is 0. The molecule has 0 N–H and O–H groups in total. The molecule has 0 aliphatic heterocycles. The van der Waals surface area contributed by atoms with Crippen LogP contribution in [-0.2, 0) is 0 Å². The monoisotopic (exact) mass is 416 g/mol. The van der Waals surface area contributed by atoms with E-state index in [-0.39, 0.29) is 0 Å². The van der Waals surface area contributed by atoms with Gasteiger partial charge in [-0.05, 0) is 80.0 Å². The molecule has 0 radical (unpaired) electrons. The van der Waals surface area contributed by atoms with Gasteiger partial charge < -0.3 is 0 Å². The summed E-state index contributed by atoms with van der Waals surface area (Å²) in [5.41, 5.74) is 10.2. The zero-order chi connectivity index (χ0) is 20.1. The van der Waals surface area contributed by atoms with Gasteiger partial charge in [-0.1, -0.05) is 61.4 Å². The second-order valence-corrected chi connectivity index (χ2v) is 13.1. The molecule has 30 heavy (non-hydrogen) atoms. The lowest BCUT2D eigenvalue weighted by Crippen LogP contribution is -2.43. The highest BCUT2D eigenvalue weighted by molar-refractivity contribution is 7.99. The number of fused-ring (bicyclic) bond motifs is 1. The van der Waals surface area contributed by atoms with E-state index in [1.54, 1.807) is 73.6 Å². The molecule has 2 saturated carbocycles. The van der Waals surface area contributed by atoms with Crippen LogP contribution in [-0.4, -0.2) is 24.5 Å². The highest BCUT2D eigenvalue weighted by Gasteiger charge is 2.56. The van der Waals surface area contributed by atoms with Crippen LogP contribution in [0.15, 0.2) is 48.5 Å². The molecule has 0 nitrogen and oxygen atoms in total. The van der Waals surface area contributed by atoms with E-state index in [1.807, 2.05) is 0 Å². The Morgan fingerprint density at radius 3 is 1.50 bits per heavy atom. The molecule has 158 valence electrons. The van der Waals surface area contributed by atoms with Crippen LogP contribution >= 0.6 is 7.14 Å². The van der Waals surface area contributed by atoms with Gasteiger partial charge in [0.15, 0.2) is 0 Å². The minimum Gasteiger partial charge on any atom is -0.148 e. The van der Waals surface area contributed by atoms with E-state index in [4.69, 9.17) is 0 Å². The van der Waals surface area contributed by atoms with Gasteiger partial charge in [-0.15, -0.1) is 7.14 Å². The maximum absolute atomic E-state index is 2.53. The van der Waals surface area contributed by atoms with Crippen LogP contribution in [0.4, 0.5) is 0 Å². The molecule has 2 bridgehead atoms. The highest BCUT2D eigenvalue weighted by atomic mass is 31.2. The Morgan fingerprint density at radius 2 is 1.03 bits per heavy atom. The molecule has 7 rings (SSSR count). The molecular weight excluding hydrogens is 378 g/mol. The van der Waals surface area contributed by atoms with Crippen LogP contribution in [0.5, 0.6) is 0 Å². The molecule has 1 atom stereocenters. The molecular formula is C28H38BP. The lowest BCUT2D eigenvalue weighted by atomic mass is 9.63. The molecule has 0 heterocycles. The summed E-state index contributed by atoms with van der Waals surface area (Å²) in [6.45, 7) is 0. The fourth-order valence-electron chi connectivity index (χ4n) is 7.50. The van der Waals surface area contributed by atoms with E-state index in [0.717, 1.165) is 22.9 Å². The predicted molar refractivity (Wildman–Crippen MR) is 136 cm³/mol. The third-order valence-corrected chi connectivity index (χ3v) is 12.6. The fraction of sp³-hybridized carbons (Fsp3) is 0.571. The average molecular weight is 416 g/mol. The van der Waals surface area contributed by atoms with Crippen molar-refractivity contribution in [3.63, 3.8) is 0 Å². The summed E-state index contributed by atoms with van der Waals surface area (Å²) in [7, 11) is -0.419. The Hall–Kier alpha value is -1.07. The van der Waals surface area contributed by atoms with Crippen molar-refractivity contribution in [2.24, 2.45) is 0 Å². The van der Waals surface area contributed by atoms with Crippen molar-refractivity contribution in [2.45, 2.75) is 99.4 Å². The Bertz CT molecular complexity index is 843. The summed E-state index contributed by atoms with van der Waals surface area (Å²) in [5.74, 6) is 1.43. The molecule has 0 amide bonds. The number of benzene rings is 2. The summed E-state index contributed by atoms with van der Waals surface area (Å²) in [4.78, 5) is 0. The van der Waals surface area contributed by atoms with Crippen LogP contribution in [0.3, 0.4) is 0 Å². The molecule has 0 aromatic heterocycles. The largest absolute Gasteiger partial charge is 0.148 e. The lowest BCUT2D eigenvalue weighted by Gasteiger charge is -2.58. The average Bonchev–Trinajstić information content (AvgIpc) is 2.84. The maximum Gasteiger partial charge on any atom is 0.128 e. The second-order valence-electron chi connectivity index (χ2n) is 10.1. The van der Waals surface area contributed by atoms with Gasteiger partial charge in [-0.3, -0.25) is 0 Å². The van der Waals surface area contributed by atoms with Crippen molar-refractivity contribution in [1.29, 1.82) is 0 Å². The van der Waals surface area contributed by atoms with Gasteiger partial charge in [0.1, 0.15) is 7.57 Å². The zero-order valence-electron chi connectivity index (χ0n) is 17.7. The Kier molecular flexibility index (Phi) is 5.11. The lowest BCUT2D eigenvalue weighted by molar-refractivity contribution is 0.459. The van der Waals surface area contributed by atoms with Gasteiger partial charge in [-0.25, -0.2) is 0 Å². The summed E-state index contributed by atoms with van der Waals surface area (Å²) in [6, 6.07) is 19.3. The van der Waals surface area contributed by atoms with E-state index in [0.29, 0.717) is 13.5 Å². The number of hydrogen-bond donors (Lipinski definition) is 0. The molecule has 0 spiro atoms. The van der Waals surface area contributed by atoms with Crippen LogP contribution in [0.25, 0.3) is 0 Å². The van der Waals surface area contributed by atoms with Crippen molar-refractivity contribution in [1.82, 2.24) is 0 Å². The predicted octanol–water partition coefficient (Wildman–Crippen LogP) is 7.00. The van der Waals surface area contributed by atoms with Crippen LogP contribution in [0, 0.1) is 0 Å². The van der Waals surface area contributed by atoms with Gasteiger partial charge in [0.2, 0.25) is 0 Å². The van der Waals surface area contributed by atoms with Gasteiger partial charge in [0, 0.05) is 28.8 Å².